The molecule has 2 saturated heterocycles. The van der Waals surface area contributed by atoms with Crippen molar-refractivity contribution >= 4 is 50.1 Å². The van der Waals surface area contributed by atoms with E-state index in [0.29, 0.717) is 15.6 Å². The number of carbonyl (C=O) groups is 1. The Hall–Kier alpha value is -1.44. The summed E-state index contributed by atoms with van der Waals surface area (Å²) in [5.74, 6) is -0.0614. The molecule has 1 aromatic rings. The molecule has 0 N–H and O–H groups in total. The zero-order valence-corrected chi connectivity index (χ0v) is 14.7. The summed E-state index contributed by atoms with van der Waals surface area (Å²) in [7, 11) is -3.05. The molecule has 7 heteroatoms. The fraction of sp³-hybridized carbons (Fsp3) is 0.250. The number of carbonyl (C=O) groups excluding carboxylic acids is 1. The SMILES string of the molecule is O=C1/C(=C\C=C\c2ccccc2)SC(=S)N1[C@@H]1CCS(=O)(=O)C1. The van der Waals surface area contributed by atoms with Gasteiger partial charge in [-0.2, -0.15) is 0 Å². The summed E-state index contributed by atoms with van der Waals surface area (Å²) in [6, 6.07) is 9.45. The molecule has 0 aromatic heterocycles. The Balaban J connectivity index is 1.74. The Bertz CT molecular complexity index is 797. The standard InChI is InChI=1S/C16H15NO3S3/c18-15-14(8-4-7-12-5-2-1-3-6-12)22-16(21)17(15)13-9-10-23(19,20)11-13/h1-8,13H,9-11H2/b7-4+,14-8+/t13-/m1/s1. The number of rotatable bonds is 3. The quantitative estimate of drug-likeness (QED) is 0.609. The molecule has 2 aliphatic heterocycles. The van der Waals surface area contributed by atoms with Crippen LogP contribution in [0.1, 0.15) is 12.0 Å². The molecule has 2 aliphatic rings. The van der Waals surface area contributed by atoms with Crippen LogP contribution in [-0.4, -0.2) is 41.1 Å². The van der Waals surface area contributed by atoms with Crippen LogP contribution in [-0.2, 0) is 14.6 Å². The third-order valence-corrected chi connectivity index (χ3v) is 6.83. The first kappa shape index (κ1) is 16.4. The summed E-state index contributed by atoms with van der Waals surface area (Å²) in [5.41, 5.74) is 1.04. The normalized spacial score (nSPS) is 25.8. The molecule has 1 aromatic carbocycles. The Morgan fingerprint density at radius 3 is 2.65 bits per heavy atom. The van der Waals surface area contributed by atoms with Crippen molar-refractivity contribution in [1.29, 1.82) is 0 Å². The number of allylic oxidation sites excluding steroid dienone is 2. The molecular weight excluding hydrogens is 350 g/mol. The van der Waals surface area contributed by atoms with Crippen LogP contribution in [0.4, 0.5) is 0 Å². The van der Waals surface area contributed by atoms with Gasteiger partial charge in [-0.25, -0.2) is 8.42 Å². The molecule has 4 nitrogen and oxygen atoms in total. The third-order valence-electron chi connectivity index (χ3n) is 3.73. The van der Waals surface area contributed by atoms with Gasteiger partial charge in [0.2, 0.25) is 0 Å². The van der Waals surface area contributed by atoms with Crippen molar-refractivity contribution in [2.75, 3.05) is 11.5 Å². The van der Waals surface area contributed by atoms with Gasteiger partial charge in [-0.3, -0.25) is 9.69 Å². The predicted molar refractivity (Wildman–Crippen MR) is 97.7 cm³/mol. The maximum absolute atomic E-state index is 12.5. The lowest BCUT2D eigenvalue weighted by molar-refractivity contribution is -0.123. The molecule has 0 bridgehead atoms. The first-order valence-electron chi connectivity index (χ1n) is 7.15. The minimum absolute atomic E-state index is 0.00652. The first-order valence-corrected chi connectivity index (χ1v) is 10.2. The van der Waals surface area contributed by atoms with Crippen LogP contribution >= 0.6 is 24.0 Å². The number of hydrogen-bond acceptors (Lipinski definition) is 5. The summed E-state index contributed by atoms with van der Waals surface area (Å²) in [4.78, 5) is 14.5. The Morgan fingerprint density at radius 2 is 2.00 bits per heavy atom. The minimum Gasteiger partial charge on any atom is -0.289 e. The molecular formula is C16H15NO3S3. The summed E-state index contributed by atoms with van der Waals surface area (Å²) in [6.45, 7) is 0. The molecule has 3 rings (SSSR count). The molecule has 120 valence electrons. The maximum Gasteiger partial charge on any atom is 0.266 e. The van der Waals surface area contributed by atoms with Crippen LogP contribution in [0.3, 0.4) is 0 Å². The number of thiocarbonyl (C=S) groups is 1. The number of thioether (sulfide) groups is 1. The van der Waals surface area contributed by atoms with Gasteiger partial charge in [-0.05, 0) is 18.1 Å². The van der Waals surface area contributed by atoms with E-state index in [1.165, 1.54) is 16.7 Å². The van der Waals surface area contributed by atoms with Crippen molar-refractivity contribution < 1.29 is 13.2 Å². The van der Waals surface area contributed by atoms with Crippen molar-refractivity contribution in [3.05, 3.63) is 53.0 Å². The van der Waals surface area contributed by atoms with Crippen LogP contribution in [0.2, 0.25) is 0 Å². The zero-order chi connectivity index (χ0) is 16.4. The van der Waals surface area contributed by atoms with E-state index in [9.17, 15) is 13.2 Å². The summed E-state index contributed by atoms with van der Waals surface area (Å²) >= 11 is 6.49. The van der Waals surface area contributed by atoms with Crippen molar-refractivity contribution in [2.45, 2.75) is 12.5 Å². The predicted octanol–water partition coefficient (Wildman–Crippen LogP) is 2.63. The molecule has 1 atom stereocenters. The highest BCUT2D eigenvalue weighted by molar-refractivity contribution is 8.26. The molecule has 1 amide bonds. The average Bonchev–Trinajstić information content (AvgIpc) is 3.00. The van der Waals surface area contributed by atoms with Crippen molar-refractivity contribution in [1.82, 2.24) is 4.90 Å². The van der Waals surface area contributed by atoms with Crippen LogP contribution in [0.15, 0.2) is 47.4 Å². The third kappa shape index (κ3) is 3.73. The van der Waals surface area contributed by atoms with Gasteiger partial charge in [0, 0.05) is 0 Å². The second-order valence-corrected chi connectivity index (χ2v) is 9.31. The average molecular weight is 366 g/mol. The van der Waals surface area contributed by atoms with Crippen LogP contribution < -0.4 is 0 Å². The minimum atomic E-state index is -3.05. The molecule has 0 radical (unpaired) electrons. The molecule has 2 fully saturated rings. The number of nitrogens with zero attached hydrogens (tertiary/aromatic N) is 1. The highest BCUT2D eigenvalue weighted by Gasteiger charge is 2.41. The van der Waals surface area contributed by atoms with E-state index < -0.39 is 9.84 Å². The molecule has 23 heavy (non-hydrogen) atoms. The van der Waals surface area contributed by atoms with Gasteiger partial charge < -0.3 is 0 Å². The first-order chi connectivity index (χ1) is 11.0. The smallest absolute Gasteiger partial charge is 0.266 e. The molecule has 0 aliphatic carbocycles. The van der Waals surface area contributed by atoms with Gasteiger partial charge >= 0.3 is 0 Å². The van der Waals surface area contributed by atoms with E-state index in [4.69, 9.17) is 12.2 Å². The number of hydrogen-bond donors (Lipinski definition) is 0. The summed E-state index contributed by atoms with van der Waals surface area (Å²) in [6.07, 6.45) is 5.91. The zero-order valence-electron chi connectivity index (χ0n) is 12.2. The van der Waals surface area contributed by atoms with E-state index in [-0.39, 0.29) is 23.5 Å². The lowest BCUT2D eigenvalue weighted by atomic mass is 10.2. The van der Waals surface area contributed by atoms with Crippen molar-refractivity contribution in [2.24, 2.45) is 0 Å². The summed E-state index contributed by atoms with van der Waals surface area (Å²) in [5, 5.41) is 0. The molecule has 0 saturated carbocycles. The lowest BCUT2D eigenvalue weighted by Gasteiger charge is -2.20. The van der Waals surface area contributed by atoms with Gasteiger partial charge in [0.1, 0.15) is 4.32 Å². The highest BCUT2D eigenvalue weighted by atomic mass is 32.2. The van der Waals surface area contributed by atoms with E-state index in [2.05, 4.69) is 0 Å². The van der Waals surface area contributed by atoms with E-state index in [1.54, 1.807) is 6.08 Å². The Kier molecular flexibility index (Phi) is 4.70. The van der Waals surface area contributed by atoms with E-state index in [0.717, 1.165) is 5.56 Å². The van der Waals surface area contributed by atoms with E-state index >= 15 is 0 Å². The fourth-order valence-electron chi connectivity index (χ4n) is 2.60. The second kappa shape index (κ2) is 6.59. The van der Waals surface area contributed by atoms with Crippen molar-refractivity contribution in [3.8, 4) is 0 Å². The Labute approximate surface area is 145 Å². The van der Waals surface area contributed by atoms with Gasteiger partial charge in [-0.1, -0.05) is 66.5 Å². The lowest BCUT2D eigenvalue weighted by Crippen LogP contribution is -2.39. The summed E-state index contributed by atoms with van der Waals surface area (Å²) < 4.78 is 23.7. The number of benzene rings is 1. The van der Waals surface area contributed by atoms with Crippen molar-refractivity contribution in [3.63, 3.8) is 0 Å². The van der Waals surface area contributed by atoms with Crippen LogP contribution in [0.25, 0.3) is 6.08 Å². The monoisotopic (exact) mass is 365 g/mol. The molecule has 2 heterocycles. The maximum atomic E-state index is 12.5. The van der Waals surface area contributed by atoms with Gasteiger partial charge in [-0.15, -0.1) is 0 Å². The van der Waals surface area contributed by atoms with Crippen LogP contribution in [0.5, 0.6) is 0 Å². The van der Waals surface area contributed by atoms with Gasteiger partial charge in [0.25, 0.3) is 5.91 Å². The van der Waals surface area contributed by atoms with Gasteiger partial charge in [0.15, 0.2) is 9.84 Å². The largest absolute Gasteiger partial charge is 0.289 e. The van der Waals surface area contributed by atoms with Gasteiger partial charge in [0.05, 0.1) is 22.5 Å². The molecule has 0 spiro atoms. The van der Waals surface area contributed by atoms with E-state index in [1.807, 2.05) is 42.5 Å². The highest BCUT2D eigenvalue weighted by Crippen LogP contribution is 2.35. The second-order valence-electron chi connectivity index (χ2n) is 5.40. The number of amides is 1. The molecule has 0 unspecified atom stereocenters. The fourth-order valence-corrected chi connectivity index (χ4v) is 5.65. The van der Waals surface area contributed by atoms with Crippen LogP contribution in [0, 0.1) is 0 Å². The topological polar surface area (TPSA) is 54.5 Å². The Morgan fingerprint density at radius 1 is 1.26 bits per heavy atom. The number of sulfone groups is 1.